The Morgan fingerprint density at radius 3 is 0.435 bits per heavy atom. The zero-order valence-electron chi connectivity index (χ0n) is 26.2. The Bertz CT molecular complexity index is 734. The van der Waals surface area contributed by atoms with Crippen LogP contribution in [0.4, 0.5) is 0 Å². The first kappa shape index (κ1) is 66.4. The van der Waals surface area contributed by atoms with Crippen LogP contribution in [0.15, 0.2) is 0 Å². The van der Waals surface area contributed by atoms with Gasteiger partial charge < -0.3 is 79.2 Å². The summed E-state index contributed by atoms with van der Waals surface area (Å²) in [6, 6.07) is 0. The summed E-state index contributed by atoms with van der Waals surface area (Å²) in [7, 11) is 0. The van der Waals surface area contributed by atoms with Crippen LogP contribution in [0.2, 0.25) is 0 Å². The molecule has 0 radical (unpaired) electrons. The molecule has 0 fully saturated rings. The molecule has 0 aliphatic carbocycles. The average molecular weight is 749 g/mol. The maximum absolute atomic E-state index is 10.4. The molecule has 0 N–H and O–H groups in total. The molecule has 0 aliphatic rings. The van der Waals surface area contributed by atoms with Crippen molar-refractivity contribution in [3.8, 4) is 0 Å². The summed E-state index contributed by atoms with van der Waals surface area (Å²) in [4.78, 5) is 86.8. The summed E-state index contributed by atoms with van der Waals surface area (Å²) >= 11 is 0. The number of aliphatic carboxylic acids is 8. The van der Waals surface area contributed by atoms with Crippen molar-refractivity contribution < 1.29 is 197 Å². The molecule has 0 rings (SSSR count). The van der Waals surface area contributed by atoms with Crippen molar-refractivity contribution in [2.24, 2.45) is 0 Å². The first-order valence-electron chi connectivity index (χ1n) is 10.9. The zero-order valence-corrected chi connectivity index (χ0v) is 38.6. The van der Waals surface area contributed by atoms with E-state index in [1.165, 1.54) is 0 Å². The van der Waals surface area contributed by atoms with Crippen molar-refractivity contribution in [1.29, 1.82) is 0 Å². The molecule has 26 heteroatoms. The number of carbonyl (C=O) groups is 8. The van der Waals surface area contributed by atoms with E-state index in [4.69, 9.17) is 0 Å². The minimum absolute atomic E-state index is 0. The van der Waals surface area contributed by atoms with E-state index in [0.29, 0.717) is 0 Å². The van der Waals surface area contributed by atoms with E-state index >= 15 is 0 Å². The van der Waals surface area contributed by atoms with Crippen molar-refractivity contribution in [3.05, 3.63) is 0 Å². The third kappa shape index (κ3) is 48.2. The number of rotatable bonds is 22. The Balaban J connectivity index is -0.0000000926. The van der Waals surface area contributed by atoms with Crippen LogP contribution < -0.4 is 159 Å². The Kier molecular flexibility index (Phi) is 57.6. The van der Waals surface area contributed by atoms with Crippen molar-refractivity contribution in [2.75, 3.05) is 78.5 Å². The van der Waals surface area contributed by atoms with Crippen LogP contribution in [-0.4, -0.2) is 221 Å². The van der Waals surface area contributed by atoms with Gasteiger partial charge in [0.2, 0.25) is 0 Å². The monoisotopic (exact) mass is 748 g/mol. The molecule has 20 nitrogen and oxygen atoms in total. The van der Waals surface area contributed by atoms with Crippen LogP contribution in [0.25, 0.3) is 0 Å². The Labute approximate surface area is 411 Å². The molecule has 0 amide bonds. The van der Waals surface area contributed by atoms with Gasteiger partial charge >= 0.3 is 194 Å². The van der Waals surface area contributed by atoms with E-state index in [0.717, 1.165) is 19.6 Å². The molecule has 0 spiro atoms. The summed E-state index contributed by atoms with van der Waals surface area (Å²) in [6.45, 7) is -6.50. The van der Waals surface area contributed by atoms with Gasteiger partial charge in [0.25, 0.3) is 0 Å². The number of hydrogen-bond acceptors (Lipinski definition) is 20. The molecule has 0 bridgehead atoms. The van der Waals surface area contributed by atoms with E-state index in [2.05, 4.69) is 0 Å². The van der Waals surface area contributed by atoms with Gasteiger partial charge in [0.1, 0.15) is 0 Å². The number of hydrogen-bond donors (Lipinski definition) is 0. The largest absolute Gasteiger partial charge is 2.00 e. The van der Waals surface area contributed by atoms with Gasteiger partial charge in [-0.15, -0.1) is 0 Å². The van der Waals surface area contributed by atoms with Gasteiger partial charge in [-0.1, -0.05) is 0 Å². The van der Waals surface area contributed by atoms with E-state index in [1.807, 2.05) is 0 Å². The molecule has 228 valence electrons. The van der Waals surface area contributed by atoms with Gasteiger partial charge in [-0.05, 0) is 0 Å². The summed E-state index contributed by atoms with van der Waals surface area (Å²) in [5.74, 6) is -12.2. The maximum atomic E-state index is 10.4. The fraction of sp³-hybridized carbons (Fsp3) is 0.600. The van der Waals surface area contributed by atoms with E-state index < -0.39 is 100 Å². The second-order valence-corrected chi connectivity index (χ2v) is 7.82. The number of carbonyl (C=O) groups excluding carboxylic acids is 8. The first-order chi connectivity index (χ1) is 18.4. The topological polar surface area (TPSA) is 334 Å². The number of carboxylic acid groups (broad SMARTS) is 8. The fourth-order valence-electron chi connectivity index (χ4n) is 2.88. The van der Waals surface area contributed by atoms with Gasteiger partial charge in [0, 0.05) is 78.5 Å². The standard InChI is InChI=1S/2C10H16N2O8.2Ca.4Na/c2*13-7(14)3-11(4-8(15)16)1-2-12(5-9(17)18)6-10(19)20;;;;;;/h2*1-6H2,(H,13,14)(H,15,16)(H,17,18)(H,19,20);;;;;;/q;;2*+2;4*+1/p-8. The van der Waals surface area contributed by atoms with Crippen LogP contribution >= 0.6 is 0 Å². The van der Waals surface area contributed by atoms with Crippen molar-refractivity contribution in [1.82, 2.24) is 19.6 Å². The normalized spacial score (nSPS) is 9.30. The molecule has 0 aromatic carbocycles. The fourth-order valence-corrected chi connectivity index (χ4v) is 2.88. The molecule has 0 aliphatic heterocycles. The van der Waals surface area contributed by atoms with E-state index in [1.54, 1.807) is 0 Å². The summed E-state index contributed by atoms with van der Waals surface area (Å²) in [5, 5.41) is 83.2. The first-order valence-corrected chi connectivity index (χ1v) is 10.9. The average Bonchev–Trinajstić information content (AvgIpc) is 2.72. The molecule has 46 heavy (non-hydrogen) atoms. The predicted octanol–water partition coefficient (Wildman–Crippen LogP) is -27.6. The van der Waals surface area contributed by atoms with Gasteiger partial charge in [0.05, 0.1) is 47.8 Å². The van der Waals surface area contributed by atoms with Gasteiger partial charge in [-0.3, -0.25) is 19.6 Å². The quantitative estimate of drug-likeness (QED) is 0.0927. The Morgan fingerprint density at radius 1 is 0.283 bits per heavy atom. The predicted molar refractivity (Wildman–Crippen MR) is 117 cm³/mol. The van der Waals surface area contributed by atoms with Gasteiger partial charge in [-0.25, -0.2) is 0 Å². The number of nitrogens with zero attached hydrogens (tertiary/aromatic N) is 4. The third-order valence-electron chi connectivity index (χ3n) is 4.29. The molecule has 0 saturated heterocycles. The van der Waals surface area contributed by atoms with Crippen LogP contribution in [0.5, 0.6) is 0 Å². The summed E-state index contributed by atoms with van der Waals surface area (Å²) < 4.78 is 0. The van der Waals surface area contributed by atoms with Crippen LogP contribution in [-0.2, 0) is 38.4 Å². The molecular formula is C20H24Ca2N4Na4O16. The molecule has 0 aromatic rings. The summed E-state index contributed by atoms with van der Waals surface area (Å²) in [5.41, 5.74) is 0. The van der Waals surface area contributed by atoms with Gasteiger partial charge in [0.15, 0.2) is 0 Å². The minimum atomic E-state index is -1.53. The second kappa shape index (κ2) is 39.9. The van der Waals surface area contributed by atoms with Crippen molar-refractivity contribution >= 4 is 123 Å². The van der Waals surface area contributed by atoms with Crippen molar-refractivity contribution in [3.63, 3.8) is 0 Å². The Morgan fingerprint density at radius 2 is 0.370 bits per heavy atom. The van der Waals surface area contributed by atoms with Gasteiger partial charge in [-0.2, -0.15) is 0 Å². The Hall–Kier alpha value is 2.12. The van der Waals surface area contributed by atoms with E-state index in [-0.39, 0.29) is 220 Å². The van der Waals surface area contributed by atoms with Crippen molar-refractivity contribution in [2.45, 2.75) is 0 Å². The maximum Gasteiger partial charge on any atom is 2.00 e. The van der Waals surface area contributed by atoms with Crippen LogP contribution in [0.1, 0.15) is 0 Å². The van der Waals surface area contributed by atoms with Crippen LogP contribution in [0, 0.1) is 0 Å². The second-order valence-electron chi connectivity index (χ2n) is 7.82. The minimum Gasteiger partial charge on any atom is -0.549 e. The third-order valence-corrected chi connectivity index (χ3v) is 4.29. The SMILES string of the molecule is O=C([O-])CN(CCN(CC(=O)[O-])CC(=O)[O-])CC(=O)[O-].O=C([O-])CN(CCN(CC(=O)[O-])CC(=O)[O-])CC(=O)[O-].[Ca+2].[Ca+2].[Na+].[Na+].[Na+].[Na+]. The van der Waals surface area contributed by atoms with E-state index in [9.17, 15) is 79.2 Å². The zero-order chi connectivity index (χ0) is 31.4. The molecular weight excluding hydrogens is 724 g/mol. The molecule has 0 unspecified atom stereocenters. The number of carboxylic acids is 8. The molecule has 0 heterocycles. The molecule has 0 aromatic heterocycles. The smallest absolute Gasteiger partial charge is 0.549 e. The summed E-state index contributed by atoms with van der Waals surface area (Å²) in [6.07, 6.45) is 0. The van der Waals surface area contributed by atoms with Crippen LogP contribution in [0.3, 0.4) is 0 Å². The molecule has 0 saturated carbocycles. The molecule has 0 atom stereocenters.